The van der Waals surface area contributed by atoms with Gasteiger partial charge >= 0.3 is 12.0 Å². The van der Waals surface area contributed by atoms with Gasteiger partial charge in [-0.3, -0.25) is 4.79 Å². The molecule has 0 spiro atoms. The van der Waals surface area contributed by atoms with E-state index in [0.717, 1.165) is 29.9 Å². The van der Waals surface area contributed by atoms with Gasteiger partial charge in [0.25, 0.3) is 0 Å². The quantitative estimate of drug-likeness (QED) is 0.855. The Morgan fingerprint density at radius 1 is 1.48 bits per heavy atom. The molecule has 7 nitrogen and oxygen atoms in total. The normalized spacial score (nSPS) is 17.9. The zero-order chi connectivity index (χ0) is 15.4. The maximum absolute atomic E-state index is 12.2. The number of aryl methyl sites for hydroxylation is 2. The van der Waals surface area contributed by atoms with Crippen LogP contribution in [0.4, 0.5) is 4.79 Å². The summed E-state index contributed by atoms with van der Waals surface area (Å²) in [6.45, 7) is 6.30. The Bertz CT molecular complexity index is 507. The number of urea groups is 1. The van der Waals surface area contributed by atoms with Crippen molar-refractivity contribution in [3.05, 3.63) is 17.0 Å². The number of nitrogens with zero attached hydrogens (tertiary/aromatic N) is 2. The minimum Gasteiger partial charge on any atom is -0.465 e. The number of ether oxygens (including phenoxy) is 1. The van der Waals surface area contributed by atoms with Gasteiger partial charge in [0.05, 0.1) is 18.3 Å². The van der Waals surface area contributed by atoms with Crippen LogP contribution < -0.4 is 5.32 Å². The molecule has 1 saturated heterocycles. The number of nitrogens with one attached hydrogen (secondary N) is 1. The molecule has 1 aromatic rings. The predicted molar refractivity (Wildman–Crippen MR) is 74.7 cm³/mol. The molecule has 1 atom stereocenters. The number of carbonyl (C=O) groups excluding carboxylic acids is 2. The zero-order valence-electron chi connectivity index (χ0n) is 12.6. The van der Waals surface area contributed by atoms with Crippen molar-refractivity contribution >= 4 is 12.0 Å². The number of hydrogen-bond donors (Lipinski definition) is 1. The van der Waals surface area contributed by atoms with E-state index in [1.54, 1.807) is 11.8 Å². The SMILES string of the molecule is CCOC(=O)CNC(=O)N1CCC[C@H]1c1c(C)noc1C. The molecule has 1 fully saturated rings. The van der Waals surface area contributed by atoms with E-state index in [0.29, 0.717) is 13.2 Å². The van der Waals surface area contributed by atoms with Crippen LogP contribution in [0.25, 0.3) is 0 Å². The van der Waals surface area contributed by atoms with E-state index in [1.165, 1.54) is 0 Å². The molecule has 1 aliphatic heterocycles. The fourth-order valence-electron chi connectivity index (χ4n) is 2.74. The van der Waals surface area contributed by atoms with Crippen LogP contribution in [-0.4, -0.2) is 41.8 Å². The average molecular weight is 295 g/mol. The first-order valence-electron chi connectivity index (χ1n) is 7.17. The summed E-state index contributed by atoms with van der Waals surface area (Å²) in [6, 6.07) is -0.302. The number of carbonyl (C=O) groups is 2. The number of aromatic nitrogens is 1. The fourth-order valence-corrected chi connectivity index (χ4v) is 2.74. The maximum Gasteiger partial charge on any atom is 0.325 e. The van der Waals surface area contributed by atoms with E-state index in [2.05, 4.69) is 10.5 Å². The molecule has 0 unspecified atom stereocenters. The molecule has 116 valence electrons. The monoisotopic (exact) mass is 295 g/mol. The van der Waals surface area contributed by atoms with Gasteiger partial charge in [-0.15, -0.1) is 0 Å². The van der Waals surface area contributed by atoms with Crippen molar-refractivity contribution in [3.63, 3.8) is 0 Å². The first-order chi connectivity index (χ1) is 10.0. The standard InChI is InChI=1S/C14H21N3O4/c1-4-20-12(18)8-15-14(19)17-7-5-6-11(17)13-9(2)16-21-10(13)3/h11H,4-8H2,1-3H3,(H,15,19)/t11-/m0/s1. The second-order valence-corrected chi connectivity index (χ2v) is 5.05. The lowest BCUT2D eigenvalue weighted by atomic mass is 10.0. The first-order valence-corrected chi connectivity index (χ1v) is 7.17. The van der Waals surface area contributed by atoms with Crippen molar-refractivity contribution in [2.75, 3.05) is 19.7 Å². The Labute approximate surface area is 123 Å². The van der Waals surface area contributed by atoms with E-state index < -0.39 is 5.97 Å². The van der Waals surface area contributed by atoms with Gasteiger partial charge in [-0.25, -0.2) is 4.79 Å². The summed E-state index contributed by atoms with van der Waals surface area (Å²) in [6.07, 6.45) is 1.79. The summed E-state index contributed by atoms with van der Waals surface area (Å²) in [7, 11) is 0. The van der Waals surface area contributed by atoms with Crippen molar-refractivity contribution in [1.29, 1.82) is 0 Å². The highest BCUT2D eigenvalue weighted by Gasteiger charge is 2.33. The fraction of sp³-hybridized carbons (Fsp3) is 0.643. The highest BCUT2D eigenvalue weighted by Crippen LogP contribution is 2.35. The topological polar surface area (TPSA) is 84.7 Å². The van der Waals surface area contributed by atoms with Crippen LogP contribution in [0.2, 0.25) is 0 Å². The van der Waals surface area contributed by atoms with E-state index in [-0.39, 0.29) is 18.6 Å². The first kappa shape index (κ1) is 15.3. The molecule has 0 aliphatic carbocycles. The lowest BCUT2D eigenvalue weighted by Crippen LogP contribution is -2.42. The van der Waals surface area contributed by atoms with Gasteiger partial charge in [-0.1, -0.05) is 5.16 Å². The van der Waals surface area contributed by atoms with Crippen molar-refractivity contribution in [2.24, 2.45) is 0 Å². The summed E-state index contributed by atoms with van der Waals surface area (Å²) >= 11 is 0. The molecule has 21 heavy (non-hydrogen) atoms. The van der Waals surface area contributed by atoms with E-state index in [9.17, 15) is 9.59 Å². The zero-order valence-corrected chi connectivity index (χ0v) is 12.6. The van der Waals surface area contributed by atoms with Gasteiger partial charge in [0.15, 0.2) is 0 Å². The smallest absolute Gasteiger partial charge is 0.325 e. The third-order valence-corrected chi connectivity index (χ3v) is 3.62. The molecule has 0 bridgehead atoms. The van der Waals surface area contributed by atoms with Crippen LogP contribution in [-0.2, 0) is 9.53 Å². The minimum absolute atomic E-state index is 0.0431. The Morgan fingerprint density at radius 2 is 2.24 bits per heavy atom. The molecular formula is C14H21N3O4. The Balaban J connectivity index is 2.02. The summed E-state index contributed by atoms with van der Waals surface area (Å²) in [5.74, 6) is 0.307. The van der Waals surface area contributed by atoms with Crippen molar-refractivity contribution < 1.29 is 18.8 Å². The van der Waals surface area contributed by atoms with Crippen LogP contribution in [0, 0.1) is 13.8 Å². The van der Waals surface area contributed by atoms with Gasteiger partial charge in [0, 0.05) is 12.1 Å². The minimum atomic E-state index is -0.432. The lowest BCUT2D eigenvalue weighted by Gasteiger charge is -2.24. The molecule has 2 heterocycles. The van der Waals surface area contributed by atoms with Gasteiger partial charge in [-0.2, -0.15) is 0 Å². The number of hydrogen-bond acceptors (Lipinski definition) is 5. The molecule has 7 heteroatoms. The molecule has 0 radical (unpaired) electrons. The number of amides is 2. The van der Waals surface area contributed by atoms with Gasteiger partial charge < -0.3 is 19.5 Å². The Hall–Kier alpha value is -2.05. The highest BCUT2D eigenvalue weighted by atomic mass is 16.5. The second kappa shape index (κ2) is 6.60. The third kappa shape index (κ3) is 3.34. The van der Waals surface area contributed by atoms with Crippen LogP contribution in [0.3, 0.4) is 0 Å². The molecule has 0 aromatic carbocycles. The maximum atomic E-state index is 12.2. The summed E-state index contributed by atoms with van der Waals surface area (Å²) < 4.78 is 9.98. The van der Waals surface area contributed by atoms with Crippen LogP contribution in [0.1, 0.15) is 42.8 Å². The number of rotatable bonds is 4. The summed E-state index contributed by atoms with van der Waals surface area (Å²) in [4.78, 5) is 25.3. The van der Waals surface area contributed by atoms with E-state index in [4.69, 9.17) is 9.26 Å². The predicted octanol–water partition coefficient (Wildman–Crippen LogP) is 1.70. The van der Waals surface area contributed by atoms with Crippen molar-refractivity contribution in [2.45, 2.75) is 39.7 Å². The van der Waals surface area contributed by atoms with Crippen LogP contribution in [0.15, 0.2) is 4.52 Å². The second-order valence-electron chi connectivity index (χ2n) is 5.05. The molecular weight excluding hydrogens is 274 g/mol. The van der Waals surface area contributed by atoms with Crippen molar-refractivity contribution in [1.82, 2.24) is 15.4 Å². The van der Waals surface area contributed by atoms with E-state index >= 15 is 0 Å². The van der Waals surface area contributed by atoms with Gasteiger partial charge in [0.2, 0.25) is 0 Å². The summed E-state index contributed by atoms with van der Waals surface area (Å²) in [5.41, 5.74) is 1.78. The molecule has 1 aromatic heterocycles. The number of likely N-dealkylation sites (tertiary alicyclic amines) is 1. The van der Waals surface area contributed by atoms with Gasteiger partial charge in [-0.05, 0) is 33.6 Å². The van der Waals surface area contributed by atoms with Gasteiger partial charge in [0.1, 0.15) is 12.3 Å². The molecule has 2 amide bonds. The van der Waals surface area contributed by atoms with Crippen molar-refractivity contribution in [3.8, 4) is 0 Å². The number of esters is 1. The largest absolute Gasteiger partial charge is 0.465 e. The van der Waals surface area contributed by atoms with Crippen LogP contribution >= 0.6 is 0 Å². The third-order valence-electron chi connectivity index (χ3n) is 3.62. The van der Waals surface area contributed by atoms with Crippen LogP contribution in [0.5, 0.6) is 0 Å². The Morgan fingerprint density at radius 3 is 2.86 bits per heavy atom. The summed E-state index contributed by atoms with van der Waals surface area (Å²) in [5, 5.41) is 6.55. The molecule has 0 saturated carbocycles. The molecule has 1 aliphatic rings. The lowest BCUT2D eigenvalue weighted by molar-refractivity contribution is -0.141. The Kier molecular flexibility index (Phi) is 4.82. The highest BCUT2D eigenvalue weighted by molar-refractivity contribution is 5.81. The van der Waals surface area contributed by atoms with E-state index in [1.807, 2.05) is 13.8 Å². The molecule has 2 rings (SSSR count). The molecule has 1 N–H and O–H groups in total. The average Bonchev–Trinajstić information content (AvgIpc) is 3.03.